The molecule has 0 spiro atoms. The molecular weight excluding hydrogens is 1040 g/mol. The average Bonchev–Trinajstić information content (AvgIpc) is 3.92. The lowest BCUT2D eigenvalue weighted by molar-refractivity contribution is -0.198. The average molecular weight is 1130 g/mol. The third-order valence-corrected chi connectivity index (χ3v) is 11.7. The van der Waals surface area contributed by atoms with E-state index in [9.17, 15) is 47.9 Å². The van der Waals surface area contributed by atoms with E-state index in [-0.39, 0.29) is 107 Å². The fraction of sp³-hybridized carbons (Fsp3) is 0.811. The Hall–Kier alpha value is -5.22. The molecule has 0 unspecified atom stereocenters. The Morgan fingerprint density at radius 2 is 0.620 bits per heavy atom. The van der Waals surface area contributed by atoms with E-state index < -0.39 is 35.6 Å². The van der Waals surface area contributed by atoms with Crippen molar-refractivity contribution in [3.05, 3.63) is 0 Å². The number of hydrogen-bond donors (Lipinski definition) is 4. The monoisotopic (exact) mass is 1130 g/mol. The number of unbranched alkanes of at least 4 members (excludes halogenated alkanes) is 8. The van der Waals surface area contributed by atoms with Crippen molar-refractivity contribution >= 4 is 59.2 Å². The number of carbonyl (C=O) groups excluding carboxylic acids is 10. The van der Waals surface area contributed by atoms with Crippen LogP contribution < -0.4 is 21.3 Å². The van der Waals surface area contributed by atoms with Gasteiger partial charge in [0, 0.05) is 83.0 Å². The molecular formula is C53H90N6O20. The molecule has 0 aromatic heterocycles. The fourth-order valence-electron chi connectivity index (χ4n) is 7.29. The molecule has 4 N–H and O–H groups in total. The summed E-state index contributed by atoms with van der Waals surface area (Å²) in [4.78, 5) is 127. The minimum absolute atomic E-state index is 0.0248. The van der Waals surface area contributed by atoms with E-state index >= 15 is 0 Å². The normalized spacial score (nSPS) is 13.5. The van der Waals surface area contributed by atoms with Crippen molar-refractivity contribution in [2.75, 3.05) is 132 Å². The summed E-state index contributed by atoms with van der Waals surface area (Å²) in [5.41, 5.74) is -0.285. The van der Waals surface area contributed by atoms with E-state index in [1.165, 1.54) is 0 Å². The van der Waals surface area contributed by atoms with Crippen LogP contribution >= 0.6 is 0 Å². The van der Waals surface area contributed by atoms with Crippen LogP contribution in [0.4, 0.5) is 0 Å². The molecule has 0 aromatic rings. The number of rotatable bonds is 52. The van der Waals surface area contributed by atoms with Crippen molar-refractivity contribution in [1.82, 2.24) is 31.4 Å². The van der Waals surface area contributed by atoms with Crippen LogP contribution in [0.5, 0.6) is 0 Å². The number of nitrogens with zero attached hydrogens (tertiary/aromatic N) is 2. The van der Waals surface area contributed by atoms with Gasteiger partial charge in [-0.3, -0.25) is 38.4 Å². The summed E-state index contributed by atoms with van der Waals surface area (Å²) < 4.78 is 43.8. The number of ether oxygens (including phenoxy) is 8. The molecule has 79 heavy (non-hydrogen) atoms. The molecule has 2 aliphatic rings. The Kier molecular flexibility index (Phi) is 40.3. The maximum Gasteiger partial charge on any atom is 0.335 e. The van der Waals surface area contributed by atoms with Gasteiger partial charge < -0.3 is 68.8 Å². The Morgan fingerprint density at radius 1 is 0.342 bits per heavy atom. The smallest absolute Gasteiger partial charge is 0.335 e. The van der Waals surface area contributed by atoms with Crippen molar-refractivity contribution in [3.8, 4) is 0 Å². The summed E-state index contributed by atoms with van der Waals surface area (Å²) in [6.45, 7) is 10.7. The van der Waals surface area contributed by atoms with Gasteiger partial charge in [-0.25, -0.2) is 9.59 Å². The van der Waals surface area contributed by atoms with Gasteiger partial charge in [0.05, 0.1) is 119 Å². The van der Waals surface area contributed by atoms with E-state index in [1.54, 1.807) is 0 Å². The highest BCUT2D eigenvalue weighted by Crippen LogP contribution is 2.17. The first-order valence-corrected chi connectivity index (χ1v) is 28.0. The number of nitrogens with one attached hydrogen (secondary N) is 4. The van der Waals surface area contributed by atoms with E-state index in [2.05, 4.69) is 21.3 Å². The van der Waals surface area contributed by atoms with Crippen LogP contribution in [-0.4, -0.2) is 201 Å². The highest BCUT2D eigenvalue weighted by molar-refractivity contribution is 6.02. The molecule has 0 aliphatic carbocycles. The first-order valence-electron chi connectivity index (χ1n) is 28.0. The number of hydroxylamine groups is 4. The third kappa shape index (κ3) is 38.9. The second-order valence-corrected chi connectivity index (χ2v) is 19.5. The zero-order valence-electron chi connectivity index (χ0n) is 46.8. The van der Waals surface area contributed by atoms with Gasteiger partial charge in [-0.1, -0.05) is 52.4 Å². The van der Waals surface area contributed by atoms with E-state index in [0.717, 1.165) is 64.2 Å². The minimum atomic E-state index is -0.722. The second-order valence-electron chi connectivity index (χ2n) is 19.5. The van der Waals surface area contributed by atoms with Gasteiger partial charge in [-0.15, -0.1) is 10.1 Å². The van der Waals surface area contributed by atoms with Gasteiger partial charge in [0.2, 0.25) is 23.6 Å². The summed E-state index contributed by atoms with van der Waals surface area (Å²) >= 11 is 0. The summed E-state index contributed by atoms with van der Waals surface area (Å²) in [7, 11) is 0. The van der Waals surface area contributed by atoms with Crippen molar-refractivity contribution in [2.24, 2.45) is 5.41 Å². The van der Waals surface area contributed by atoms with Crippen molar-refractivity contribution in [3.63, 3.8) is 0 Å². The first-order chi connectivity index (χ1) is 38.2. The lowest BCUT2D eigenvalue weighted by Gasteiger charge is -2.24. The Labute approximate surface area is 464 Å². The first kappa shape index (κ1) is 69.9. The molecule has 2 rings (SSSR count). The molecule has 0 aromatic carbocycles. The standard InChI is InChI=1S/C53H90N6O20/c1-53(2,41-76-27-19-45(62)54-23-11-7-3-5-9-13-43(60)56-25-31-72-35-39-74-37-33-70-29-21-51(68)78-58-47(64)15-16-48(58)65)42-77-28-20-46(63)55-24-12-8-4-6-10-14-44(61)57-26-32-73-36-40-75-38-34-71-30-22-52(69)79-59-49(66)17-18-50(59)67/h3-42H2,1-2H3,(H,54,62)(H,55,63)(H,56,60)(H,57,61). The predicted octanol–water partition coefficient (Wildman–Crippen LogP) is 2.07. The predicted molar refractivity (Wildman–Crippen MR) is 281 cm³/mol. The maximum absolute atomic E-state index is 12.3. The topological polar surface area (TPSA) is 318 Å². The molecule has 26 nitrogen and oxygen atoms in total. The molecule has 26 heteroatoms. The van der Waals surface area contributed by atoms with Crippen LogP contribution in [0.25, 0.3) is 0 Å². The number of imide groups is 2. The highest BCUT2D eigenvalue weighted by atomic mass is 16.7. The highest BCUT2D eigenvalue weighted by Gasteiger charge is 2.33. The number of amides is 8. The maximum atomic E-state index is 12.3. The Bertz CT molecular complexity index is 1650. The van der Waals surface area contributed by atoms with Gasteiger partial charge >= 0.3 is 11.9 Å². The van der Waals surface area contributed by atoms with Crippen molar-refractivity contribution in [2.45, 2.75) is 142 Å². The number of carbonyl (C=O) groups is 10. The Morgan fingerprint density at radius 3 is 0.987 bits per heavy atom. The van der Waals surface area contributed by atoms with Gasteiger partial charge in [0.1, 0.15) is 0 Å². The van der Waals surface area contributed by atoms with Crippen LogP contribution in [0.15, 0.2) is 0 Å². The molecule has 0 saturated carbocycles. The van der Waals surface area contributed by atoms with Crippen LogP contribution in [0.1, 0.15) is 142 Å². The molecule has 0 bridgehead atoms. The molecule has 8 amide bonds. The van der Waals surface area contributed by atoms with Gasteiger partial charge in [-0.2, -0.15) is 0 Å². The SMILES string of the molecule is CC(C)(COCCC(=O)NCCCCCCCC(=O)NCCOCCOCCOCCC(=O)ON1C(=O)CCC1=O)COCCC(=O)NCCCCCCCC(=O)NCCOCCOCCOCCC(=O)ON1C(=O)CCC1=O. The third-order valence-electron chi connectivity index (χ3n) is 11.7. The molecule has 2 aliphatic heterocycles. The van der Waals surface area contributed by atoms with Gasteiger partial charge in [-0.05, 0) is 25.7 Å². The summed E-state index contributed by atoms with van der Waals surface area (Å²) in [5.74, 6) is -3.73. The molecule has 2 saturated heterocycles. The second kappa shape index (κ2) is 45.5. The lowest BCUT2D eigenvalue weighted by atomic mass is 9.96. The summed E-state index contributed by atoms with van der Waals surface area (Å²) in [5, 5.41) is 12.5. The Balaban J connectivity index is 1.24. The number of hydrogen-bond acceptors (Lipinski definition) is 20. The lowest BCUT2D eigenvalue weighted by Crippen LogP contribution is -2.32. The molecule has 0 atom stereocenters. The molecule has 452 valence electrons. The molecule has 2 fully saturated rings. The van der Waals surface area contributed by atoms with E-state index in [1.807, 2.05) is 13.8 Å². The van der Waals surface area contributed by atoms with Crippen LogP contribution in [0.2, 0.25) is 0 Å². The van der Waals surface area contributed by atoms with E-state index in [4.69, 9.17) is 47.6 Å². The minimum Gasteiger partial charge on any atom is -0.380 e. The quantitative estimate of drug-likeness (QED) is 0.0500. The largest absolute Gasteiger partial charge is 0.380 e. The van der Waals surface area contributed by atoms with E-state index in [0.29, 0.717) is 128 Å². The zero-order valence-corrected chi connectivity index (χ0v) is 46.8. The summed E-state index contributed by atoms with van der Waals surface area (Å²) in [6, 6.07) is 0. The molecule has 0 radical (unpaired) electrons. The fourth-order valence-corrected chi connectivity index (χ4v) is 7.29. The van der Waals surface area contributed by atoms with Crippen molar-refractivity contribution in [1.29, 1.82) is 0 Å². The zero-order chi connectivity index (χ0) is 57.6. The van der Waals surface area contributed by atoms with Crippen LogP contribution in [-0.2, 0) is 95.5 Å². The van der Waals surface area contributed by atoms with Gasteiger partial charge in [0.25, 0.3) is 23.6 Å². The van der Waals surface area contributed by atoms with Gasteiger partial charge in [0.15, 0.2) is 0 Å². The van der Waals surface area contributed by atoms with Crippen molar-refractivity contribution < 1.29 is 95.5 Å². The van der Waals surface area contributed by atoms with Crippen LogP contribution in [0, 0.1) is 5.41 Å². The van der Waals surface area contributed by atoms with Crippen LogP contribution in [0.3, 0.4) is 0 Å². The molecule has 2 heterocycles. The summed E-state index contributed by atoms with van der Waals surface area (Å²) in [6.07, 6.45) is 10.3.